The van der Waals surface area contributed by atoms with Gasteiger partial charge in [0.1, 0.15) is 144 Å². The van der Waals surface area contributed by atoms with Crippen molar-refractivity contribution < 1.29 is 88.7 Å². The van der Waals surface area contributed by atoms with Gasteiger partial charge in [0.05, 0.1) is 26.4 Å². The fourth-order valence-corrected chi connectivity index (χ4v) is 18.1. The zero-order valence-electron chi connectivity index (χ0n) is 78.8. The van der Waals surface area contributed by atoms with Gasteiger partial charge in [0.15, 0.2) is 5.78 Å². The van der Waals surface area contributed by atoms with Gasteiger partial charge in [-0.15, -0.1) is 0 Å². The van der Waals surface area contributed by atoms with Crippen molar-refractivity contribution in [2.75, 3.05) is 85.7 Å². The quantitative estimate of drug-likeness (QED) is 0.0584. The van der Waals surface area contributed by atoms with Crippen LogP contribution in [-0.2, 0) is 4.79 Å². The molecule has 0 aromatic heterocycles. The van der Waals surface area contributed by atoms with E-state index in [4.69, 9.17) is 47.4 Å². The molecule has 0 atom stereocenters. The molecule has 0 unspecified atom stereocenters. The molecule has 7 aliphatic heterocycles. The molecule has 11 aliphatic rings. The summed E-state index contributed by atoms with van der Waals surface area (Å²) in [5.41, 5.74) is 24.1. The summed E-state index contributed by atoms with van der Waals surface area (Å²) in [6.07, 6.45) is 14.4. The third-order valence-corrected chi connectivity index (χ3v) is 26.4. The lowest BCUT2D eigenvalue weighted by Gasteiger charge is -2.27. The lowest BCUT2D eigenvalue weighted by atomic mass is 9.89. The normalized spacial score (nSPS) is 16.4. The minimum Gasteiger partial charge on any atom is -0.508 e. The monoisotopic (exact) mass is 1880 g/mol. The molecule has 4 aliphatic carbocycles. The Morgan fingerprint density at radius 1 is 0.309 bits per heavy atom. The van der Waals surface area contributed by atoms with Crippen LogP contribution in [0, 0.1) is 58.6 Å². The van der Waals surface area contributed by atoms with E-state index in [2.05, 4.69) is 37.8 Å². The number of phenols is 2. The number of halogens is 6. The highest BCUT2D eigenvalue weighted by atomic mass is 19.1. The van der Waals surface area contributed by atoms with E-state index in [1.54, 1.807) is 72.8 Å². The van der Waals surface area contributed by atoms with Gasteiger partial charge in [-0.05, 0) is 406 Å². The molecule has 0 amide bonds. The molecule has 2 N–H and O–H groups in total. The lowest BCUT2D eigenvalue weighted by Crippen LogP contribution is -2.26. The Hall–Kier alpha value is -14.1. The van der Waals surface area contributed by atoms with E-state index in [0.29, 0.717) is 50.3 Å². The highest BCUT2D eigenvalue weighted by Gasteiger charge is 2.33. The van der Waals surface area contributed by atoms with Gasteiger partial charge >= 0.3 is 0 Å². The first kappa shape index (κ1) is 95.2. The first-order chi connectivity index (χ1) is 67.7. The number of rotatable bonds is 23. The largest absolute Gasteiger partial charge is 0.508 e. The predicted octanol–water partition coefficient (Wildman–Crippen LogP) is 27.2. The Bertz CT molecular complexity index is 6520. The number of likely N-dealkylation sites (tertiary alicyclic amines) is 1. The first-order valence-electron chi connectivity index (χ1n) is 48.3. The van der Waals surface area contributed by atoms with Crippen molar-refractivity contribution in [3.05, 3.63) is 390 Å². The second-order valence-corrected chi connectivity index (χ2v) is 37.1. The second-order valence-electron chi connectivity index (χ2n) is 37.1. The molecule has 12 aromatic carbocycles. The van der Waals surface area contributed by atoms with Crippen LogP contribution in [0.5, 0.6) is 69.0 Å². The first-order valence-corrected chi connectivity index (χ1v) is 48.3. The van der Waals surface area contributed by atoms with Gasteiger partial charge < -0.3 is 57.6 Å². The summed E-state index contributed by atoms with van der Waals surface area (Å²) in [5.74, 6) is 9.89. The molecular formula is C119H113F6NO13. The van der Waals surface area contributed by atoms with Gasteiger partial charge in [-0.3, -0.25) is 9.69 Å². The van der Waals surface area contributed by atoms with Crippen LogP contribution in [0.25, 0.3) is 33.4 Å². The maximum atomic E-state index is 13.3. The lowest BCUT2D eigenvalue weighted by molar-refractivity contribution is -0.113. The van der Waals surface area contributed by atoms with Gasteiger partial charge in [0.25, 0.3) is 0 Å². The van der Waals surface area contributed by atoms with Crippen LogP contribution in [0.4, 0.5) is 26.3 Å². The number of benzene rings is 12. The summed E-state index contributed by atoms with van der Waals surface area (Å²) in [6.45, 7) is 18.9. The Morgan fingerprint density at radius 2 is 0.554 bits per heavy atom. The Labute approximate surface area is 808 Å². The predicted molar refractivity (Wildman–Crippen MR) is 531 cm³/mol. The Kier molecular flexibility index (Phi) is 29.9. The number of carbonyl (C=O) groups is 1. The van der Waals surface area contributed by atoms with E-state index in [1.165, 1.54) is 161 Å². The van der Waals surface area contributed by atoms with E-state index >= 15 is 0 Å². The zero-order valence-corrected chi connectivity index (χ0v) is 78.8. The summed E-state index contributed by atoms with van der Waals surface area (Å²) < 4.78 is 138. The number of hydrogen-bond donors (Lipinski definition) is 2. The molecule has 4 saturated carbocycles. The van der Waals surface area contributed by atoms with Gasteiger partial charge in [-0.2, -0.15) is 0 Å². The van der Waals surface area contributed by atoms with Crippen molar-refractivity contribution in [1.29, 1.82) is 0 Å². The summed E-state index contributed by atoms with van der Waals surface area (Å²) in [5, 5.41) is 19.6. The Morgan fingerprint density at radius 3 is 0.856 bits per heavy atom. The molecule has 714 valence electrons. The molecule has 139 heavy (non-hydrogen) atoms. The number of phenolic OH excluding ortho intramolecular Hbond substituents is 2. The average Bonchev–Trinajstić information content (AvgIpc) is 1.71. The minimum atomic E-state index is -0.303. The van der Waals surface area contributed by atoms with Crippen molar-refractivity contribution in [3.63, 3.8) is 0 Å². The van der Waals surface area contributed by atoms with Crippen LogP contribution in [0.1, 0.15) is 178 Å². The van der Waals surface area contributed by atoms with Crippen LogP contribution >= 0.6 is 0 Å². The van der Waals surface area contributed by atoms with E-state index in [9.17, 15) is 41.4 Å². The number of carbonyl (C=O) groups excluding carboxylic acids is 1. The van der Waals surface area contributed by atoms with Crippen molar-refractivity contribution in [3.8, 4) is 69.0 Å². The summed E-state index contributed by atoms with van der Waals surface area (Å²) >= 11 is 0. The second kappa shape index (κ2) is 43.7. The van der Waals surface area contributed by atoms with Crippen LogP contribution in [0.3, 0.4) is 0 Å². The van der Waals surface area contributed by atoms with Gasteiger partial charge in [-0.1, -0.05) is 86.6 Å². The van der Waals surface area contributed by atoms with E-state index < -0.39 is 0 Å². The number of nitrogens with zero attached hydrogens (tertiary/aromatic N) is 1. The number of ketones is 1. The third-order valence-electron chi connectivity index (χ3n) is 26.4. The Balaban J connectivity index is 0.000000111. The third kappa shape index (κ3) is 24.0. The maximum absolute atomic E-state index is 13.3. The average molecular weight is 1880 g/mol. The van der Waals surface area contributed by atoms with E-state index in [-0.39, 0.29) is 58.8 Å². The zero-order chi connectivity index (χ0) is 96.2. The van der Waals surface area contributed by atoms with E-state index in [0.717, 1.165) is 240 Å². The standard InChI is InChI=1S/C21H19FO3.2C21H21FO2.C20H20FNO2.C20H19FO2.C16H13FO2/c1-13(23)19-12-25-20-9-8-17(24-11-14-2-3-14)10-18(20)21(19)15-4-6-16(22)7-5-15;2*1-2-15-13-24-20-10-9-18(23-12-14-3-4-14)11-19(20)21(15)16-5-7-17(22)8-6-16;21-16-5-3-14(4-6-16)20-15(12-22-9-1-2-10-22)13-24-19-8-7-17(23)11-18(19)20;1-13-11-23-19-9-8-17(22-12-14-2-3-14)10-18(19)20(13)15-4-6-16(21)7-5-15;1-10-9-19-15-7-6-13(18)8-14(15)16(10)11-2-4-12(17)5-3-11/h4-10,14H,2-3,11-12H2,1H3;2*5-11,14H,2-4,12-13H2,1H3;3-8,11,23H,1-2,9-10,12-13H2;4-10,14H,2-3,11-12H2,1H3;2-8,18H,9H2,1H3. The molecule has 0 radical (unpaired) electrons. The van der Waals surface area contributed by atoms with Crippen molar-refractivity contribution >= 4 is 39.2 Å². The van der Waals surface area contributed by atoms with Crippen LogP contribution in [0.15, 0.2) is 288 Å². The van der Waals surface area contributed by atoms with E-state index in [1.807, 2.05) is 104 Å². The van der Waals surface area contributed by atoms with Gasteiger partial charge in [0, 0.05) is 51.1 Å². The van der Waals surface area contributed by atoms with Crippen LogP contribution in [0.2, 0.25) is 0 Å². The topological polar surface area (TPSA) is 153 Å². The molecule has 0 bridgehead atoms. The molecule has 12 aromatic rings. The number of Topliss-reactive ketones (excluding diaryl/α,β-unsaturated/α-hetero) is 1. The highest BCUT2D eigenvalue weighted by Crippen LogP contribution is 2.49. The maximum Gasteiger partial charge on any atom is 0.159 e. The SMILES string of the molecule is CC(=O)C1=C(c2ccc(F)cc2)c2cc(OCC3CC3)ccc2OC1.CC1=C(c2ccc(F)cc2)c2cc(O)ccc2OC1.CC1=C(c2ccc(F)cc2)c2cc(OCC3CC3)ccc2OC1.CCC1=C(c2ccc(F)cc2)c2cc(OCC3CC3)ccc2OC1.CCC1=C(c2ccc(F)cc2)c2cc(OCC3CC3)ccc2OC1.Oc1ccc2c(c1)C(c1ccc(F)cc1)=C(CN1CCCC1)CO2. The summed E-state index contributed by atoms with van der Waals surface area (Å²) in [6, 6.07) is 73.0. The fourth-order valence-electron chi connectivity index (χ4n) is 18.1. The number of aromatic hydroxyl groups is 2. The van der Waals surface area contributed by atoms with Crippen molar-refractivity contribution in [2.24, 2.45) is 23.7 Å². The molecular weight excluding hydrogens is 1770 g/mol. The van der Waals surface area contributed by atoms with Crippen LogP contribution in [-0.4, -0.2) is 107 Å². The number of hydrogen-bond acceptors (Lipinski definition) is 14. The summed E-state index contributed by atoms with van der Waals surface area (Å²) in [4.78, 5) is 14.6. The minimum absolute atomic E-state index is 0.0470. The number of fused-ring (bicyclic) bond motifs is 6. The molecule has 20 heteroatoms. The van der Waals surface area contributed by atoms with Crippen molar-refractivity contribution in [1.82, 2.24) is 4.90 Å². The molecule has 5 fully saturated rings. The highest BCUT2D eigenvalue weighted by molar-refractivity contribution is 6.06. The van der Waals surface area contributed by atoms with Crippen LogP contribution < -0.4 is 47.4 Å². The molecule has 14 nitrogen and oxygen atoms in total. The van der Waals surface area contributed by atoms with Gasteiger partial charge in [0.2, 0.25) is 0 Å². The molecule has 23 rings (SSSR count). The van der Waals surface area contributed by atoms with Gasteiger partial charge in [-0.25, -0.2) is 26.3 Å². The smallest absolute Gasteiger partial charge is 0.159 e. The number of ether oxygens (including phenoxy) is 10. The summed E-state index contributed by atoms with van der Waals surface area (Å²) in [7, 11) is 0. The molecule has 7 heterocycles. The fraction of sp³-hybridized carbons (Fsp3) is 0.286. The molecule has 1 saturated heterocycles. The van der Waals surface area contributed by atoms with Crippen molar-refractivity contribution in [2.45, 2.75) is 112 Å². The molecule has 0 spiro atoms.